The van der Waals surface area contributed by atoms with Crippen molar-refractivity contribution in [3.8, 4) is 0 Å². The minimum atomic E-state index is -2.57. The summed E-state index contributed by atoms with van der Waals surface area (Å²) in [6.45, 7) is 1.01. The maximum absolute atomic E-state index is 11.0. The number of aromatic nitrogens is 1. The van der Waals surface area contributed by atoms with Crippen molar-refractivity contribution in [2.24, 2.45) is 0 Å². The molecule has 7 nitrogen and oxygen atoms in total. The van der Waals surface area contributed by atoms with Crippen LogP contribution in [0.5, 0.6) is 0 Å². The molecule has 0 fully saturated rings. The fraction of sp³-hybridized carbons (Fsp3) is 0.333. The Labute approximate surface area is 100 Å². The van der Waals surface area contributed by atoms with E-state index in [1.165, 1.54) is 11.7 Å². The molecule has 0 aliphatic carbocycles. The molecule has 0 aliphatic rings. The Morgan fingerprint density at radius 2 is 2.00 bits per heavy atom. The zero-order valence-corrected chi connectivity index (χ0v) is 9.58. The van der Waals surface area contributed by atoms with Crippen molar-refractivity contribution in [2.75, 3.05) is 0 Å². The molecule has 0 atom stereocenters. The Hall–Kier alpha value is -1.96. The van der Waals surface area contributed by atoms with Crippen molar-refractivity contribution in [2.45, 2.75) is 18.9 Å². The van der Waals surface area contributed by atoms with Crippen LogP contribution in [0.4, 0.5) is 0 Å². The summed E-state index contributed by atoms with van der Waals surface area (Å²) in [4.78, 5) is 36.9. The highest BCUT2D eigenvalue weighted by molar-refractivity contribution is 7.09. The maximum atomic E-state index is 11.0. The summed E-state index contributed by atoms with van der Waals surface area (Å²) < 4.78 is 0. The molecular formula is C9H8N2O5S-2. The summed E-state index contributed by atoms with van der Waals surface area (Å²) in [5.41, 5.74) is -1.16. The molecular weight excluding hydrogens is 248 g/mol. The molecule has 1 amide bonds. The van der Waals surface area contributed by atoms with Crippen molar-refractivity contribution in [1.82, 2.24) is 10.3 Å². The Morgan fingerprint density at radius 3 is 2.35 bits per heavy atom. The van der Waals surface area contributed by atoms with Gasteiger partial charge in [-0.25, -0.2) is 0 Å². The monoisotopic (exact) mass is 256 g/mol. The van der Waals surface area contributed by atoms with Gasteiger partial charge in [0.15, 0.2) is 0 Å². The molecule has 0 aliphatic heterocycles. The lowest BCUT2D eigenvalue weighted by Gasteiger charge is -2.35. The lowest BCUT2D eigenvalue weighted by molar-refractivity contribution is -0.335. The van der Waals surface area contributed by atoms with Gasteiger partial charge in [-0.1, -0.05) is 0 Å². The molecule has 0 radical (unpaired) electrons. The largest absolute Gasteiger partial charge is 0.547 e. The molecule has 0 spiro atoms. The summed E-state index contributed by atoms with van der Waals surface area (Å²) in [7, 11) is 0. The van der Waals surface area contributed by atoms with Crippen LogP contribution < -0.4 is 15.5 Å². The first-order chi connectivity index (χ1) is 7.88. The molecule has 1 aromatic rings. The van der Waals surface area contributed by atoms with Gasteiger partial charge >= 0.3 is 0 Å². The number of hydrogen-bond donors (Lipinski definition) is 1. The molecule has 1 aromatic heterocycles. The third-order valence-corrected chi connectivity index (χ3v) is 2.79. The van der Waals surface area contributed by atoms with Gasteiger partial charge in [-0.05, 0) is 0 Å². The fourth-order valence-electron chi connectivity index (χ4n) is 1.27. The van der Waals surface area contributed by atoms with Crippen LogP contribution in [0.3, 0.4) is 0 Å². The second kappa shape index (κ2) is 4.91. The Morgan fingerprint density at radius 1 is 1.41 bits per heavy atom. The molecule has 0 saturated heterocycles. The quantitative estimate of drug-likeness (QED) is 0.562. The van der Waals surface area contributed by atoms with Crippen LogP contribution in [0.15, 0.2) is 11.7 Å². The summed E-state index contributed by atoms with van der Waals surface area (Å²) >= 11 is 1.07. The van der Waals surface area contributed by atoms with Gasteiger partial charge in [-0.3, -0.25) is 9.78 Å². The molecule has 0 unspecified atom stereocenters. The number of hydrogen-bond acceptors (Lipinski definition) is 7. The highest BCUT2D eigenvalue weighted by atomic mass is 32.1. The van der Waals surface area contributed by atoms with Crippen LogP contribution in [0.1, 0.15) is 11.8 Å². The summed E-state index contributed by atoms with van der Waals surface area (Å²) in [6.07, 6.45) is 0.842. The van der Waals surface area contributed by atoms with E-state index in [2.05, 4.69) is 4.98 Å². The predicted molar refractivity (Wildman–Crippen MR) is 52.4 cm³/mol. The summed E-state index contributed by atoms with van der Waals surface area (Å²) in [5.74, 6) is -4.66. The van der Waals surface area contributed by atoms with E-state index >= 15 is 0 Å². The van der Waals surface area contributed by atoms with E-state index in [-0.39, 0.29) is 0 Å². The summed E-state index contributed by atoms with van der Waals surface area (Å²) in [6, 6.07) is 0. The Bertz CT molecular complexity index is 428. The lowest BCUT2D eigenvalue weighted by Crippen LogP contribution is -2.69. The average molecular weight is 256 g/mol. The number of carboxylic acids is 2. The fourth-order valence-corrected chi connectivity index (χ4v) is 1.94. The molecule has 1 heterocycles. The number of carbonyl (C=O) groups excluding carboxylic acids is 3. The number of carbonyl (C=O) groups is 3. The van der Waals surface area contributed by atoms with Gasteiger partial charge in [0.05, 0.1) is 17.4 Å². The second-order valence-electron chi connectivity index (χ2n) is 3.31. The van der Waals surface area contributed by atoms with Crippen LogP contribution in [0.2, 0.25) is 0 Å². The van der Waals surface area contributed by atoms with Crippen molar-refractivity contribution >= 4 is 29.2 Å². The first kappa shape index (κ1) is 13.1. The first-order valence-corrected chi connectivity index (χ1v) is 5.35. The average Bonchev–Trinajstić information content (AvgIpc) is 2.67. The molecule has 1 rings (SSSR count). The van der Waals surface area contributed by atoms with Gasteiger partial charge in [0, 0.05) is 24.4 Å². The third kappa shape index (κ3) is 2.78. The predicted octanol–water partition coefficient (Wildman–Crippen LogP) is -2.94. The van der Waals surface area contributed by atoms with E-state index in [0.717, 1.165) is 18.3 Å². The smallest absolute Gasteiger partial charge is 0.217 e. The molecule has 0 bridgehead atoms. The van der Waals surface area contributed by atoms with Crippen molar-refractivity contribution in [3.63, 3.8) is 0 Å². The van der Waals surface area contributed by atoms with E-state index in [4.69, 9.17) is 0 Å². The highest BCUT2D eigenvalue weighted by Crippen LogP contribution is 2.16. The van der Waals surface area contributed by atoms with Crippen LogP contribution >= 0.6 is 11.3 Å². The third-order valence-electron chi connectivity index (χ3n) is 2.01. The second-order valence-corrected chi connectivity index (χ2v) is 4.28. The van der Waals surface area contributed by atoms with Crippen LogP contribution in [0.25, 0.3) is 0 Å². The van der Waals surface area contributed by atoms with Crippen LogP contribution in [-0.4, -0.2) is 28.4 Å². The van der Waals surface area contributed by atoms with Gasteiger partial charge in [-0.2, -0.15) is 0 Å². The van der Waals surface area contributed by atoms with Crippen molar-refractivity contribution < 1.29 is 24.6 Å². The van der Waals surface area contributed by atoms with E-state index in [9.17, 15) is 24.6 Å². The zero-order valence-electron chi connectivity index (χ0n) is 8.76. The number of aliphatic carboxylic acids is 2. The molecule has 0 aromatic carbocycles. The first-order valence-electron chi connectivity index (χ1n) is 4.47. The molecule has 1 N–H and O–H groups in total. The molecule has 17 heavy (non-hydrogen) atoms. The SMILES string of the molecule is CC(=O)NC(Cc1cncs1)(C(=O)[O-])C(=O)[O-]. The number of carboxylic acid groups (broad SMARTS) is 2. The van der Waals surface area contributed by atoms with Gasteiger partial charge < -0.3 is 25.1 Å². The van der Waals surface area contributed by atoms with Gasteiger partial charge in [0.25, 0.3) is 0 Å². The topological polar surface area (TPSA) is 122 Å². The molecule has 0 saturated carbocycles. The van der Waals surface area contributed by atoms with Gasteiger partial charge in [0.1, 0.15) is 5.54 Å². The number of thiazole rings is 1. The standard InChI is InChI=1S/C9H10N2O5S/c1-5(12)11-9(7(13)14,8(15)16)2-6-3-10-4-17-6/h3-4H,2H2,1H3,(H,11,12)(H,13,14)(H,15,16)/p-2. The Balaban J connectivity index is 3.10. The number of nitrogens with one attached hydrogen (secondary N) is 1. The van der Waals surface area contributed by atoms with E-state index in [1.807, 2.05) is 5.32 Å². The van der Waals surface area contributed by atoms with Crippen LogP contribution in [-0.2, 0) is 20.8 Å². The maximum Gasteiger partial charge on any atom is 0.217 e. The van der Waals surface area contributed by atoms with Gasteiger partial charge in [-0.15, -0.1) is 11.3 Å². The number of nitrogens with zero attached hydrogens (tertiary/aromatic N) is 1. The van der Waals surface area contributed by atoms with Crippen molar-refractivity contribution in [1.29, 1.82) is 0 Å². The highest BCUT2D eigenvalue weighted by Gasteiger charge is 2.35. The molecule has 92 valence electrons. The normalized spacial score (nSPS) is 10.9. The molecule has 8 heteroatoms. The minimum absolute atomic E-state index is 0.382. The van der Waals surface area contributed by atoms with E-state index < -0.39 is 29.8 Å². The minimum Gasteiger partial charge on any atom is -0.547 e. The van der Waals surface area contributed by atoms with Gasteiger partial charge in [0.2, 0.25) is 5.91 Å². The summed E-state index contributed by atoms with van der Waals surface area (Å²) in [5, 5.41) is 23.8. The zero-order chi connectivity index (χ0) is 13.1. The number of rotatable bonds is 5. The van der Waals surface area contributed by atoms with E-state index in [0.29, 0.717) is 4.88 Å². The van der Waals surface area contributed by atoms with Crippen molar-refractivity contribution in [3.05, 3.63) is 16.6 Å². The van der Waals surface area contributed by atoms with E-state index in [1.54, 1.807) is 0 Å². The van der Waals surface area contributed by atoms with Crippen LogP contribution in [0, 0.1) is 0 Å². The lowest BCUT2D eigenvalue weighted by atomic mass is 9.94. The number of amides is 1. The Kier molecular flexibility index (Phi) is 3.79.